The van der Waals surface area contributed by atoms with Crippen LogP contribution in [-0.4, -0.2) is 71.7 Å². The third kappa shape index (κ3) is 7.69. The van der Waals surface area contributed by atoms with Gasteiger partial charge in [0.1, 0.15) is 0 Å². The summed E-state index contributed by atoms with van der Waals surface area (Å²) in [4.78, 5) is 17.9. The third-order valence-corrected chi connectivity index (χ3v) is 8.14. The third-order valence-electron chi connectivity index (χ3n) is 6.88. The van der Waals surface area contributed by atoms with Gasteiger partial charge in [-0.15, -0.1) is 0 Å². The van der Waals surface area contributed by atoms with E-state index >= 15 is 0 Å². The van der Waals surface area contributed by atoms with Crippen LogP contribution in [0.25, 0.3) is 0 Å². The lowest BCUT2D eigenvalue weighted by atomic mass is 9.98. The molecule has 2 N–H and O–H groups in total. The Bertz CT molecular complexity index is 1100. The highest BCUT2D eigenvalue weighted by Gasteiger charge is 2.22. The summed E-state index contributed by atoms with van der Waals surface area (Å²) in [5.74, 6) is 0.375. The number of carbonyl (C=O) groups excluding carboxylic acids is 1. The Morgan fingerprint density at radius 1 is 1.03 bits per heavy atom. The van der Waals surface area contributed by atoms with Crippen molar-refractivity contribution in [3.05, 3.63) is 59.7 Å². The molecule has 0 bridgehead atoms. The fourth-order valence-electron chi connectivity index (χ4n) is 4.74. The minimum absolute atomic E-state index is 0.122. The molecule has 0 atom stereocenters. The second-order valence-electron chi connectivity index (χ2n) is 9.81. The maximum absolute atomic E-state index is 13.3. The van der Waals surface area contributed by atoms with Crippen molar-refractivity contribution in [3.8, 4) is 0 Å². The van der Waals surface area contributed by atoms with Crippen molar-refractivity contribution < 1.29 is 17.9 Å². The van der Waals surface area contributed by atoms with E-state index in [1.54, 1.807) is 24.3 Å². The first kappa shape index (κ1) is 26.4. The lowest BCUT2D eigenvalue weighted by Gasteiger charge is -2.33. The van der Waals surface area contributed by atoms with E-state index in [9.17, 15) is 13.2 Å². The van der Waals surface area contributed by atoms with E-state index < -0.39 is 10.0 Å². The summed E-state index contributed by atoms with van der Waals surface area (Å²) >= 11 is 0. The molecule has 0 saturated carbocycles. The molecular formula is C27H38N4O4S. The van der Waals surface area contributed by atoms with Gasteiger partial charge in [0.2, 0.25) is 10.0 Å². The Kier molecular flexibility index (Phi) is 9.23. The lowest BCUT2D eigenvalue weighted by molar-refractivity contribution is 0.0374. The summed E-state index contributed by atoms with van der Waals surface area (Å²) in [7, 11) is -3.62. The van der Waals surface area contributed by atoms with E-state index in [1.807, 2.05) is 24.3 Å². The average molecular weight is 515 g/mol. The standard InChI is InChI=1S/C27H38N4O4S/c1-22-10-14-31(15-11-22)26-9-8-24(29-36(33,34)21-23-6-3-2-4-7-23)20-25(26)27(32)28-12-5-13-30-16-18-35-19-17-30/h2-4,6-9,20,22,29H,5,10-19,21H2,1H3,(H,28,32). The molecule has 4 rings (SSSR count). The highest BCUT2D eigenvalue weighted by Crippen LogP contribution is 2.29. The Hall–Kier alpha value is -2.62. The predicted molar refractivity (Wildman–Crippen MR) is 144 cm³/mol. The van der Waals surface area contributed by atoms with Crippen LogP contribution in [0.4, 0.5) is 11.4 Å². The van der Waals surface area contributed by atoms with Crippen LogP contribution in [0.2, 0.25) is 0 Å². The van der Waals surface area contributed by atoms with Crippen molar-refractivity contribution in [2.45, 2.75) is 31.9 Å². The molecule has 2 saturated heterocycles. The van der Waals surface area contributed by atoms with E-state index in [2.05, 4.69) is 26.8 Å². The van der Waals surface area contributed by atoms with Gasteiger partial charge < -0.3 is 15.0 Å². The first-order valence-electron chi connectivity index (χ1n) is 12.9. The average Bonchev–Trinajstić information content (AvgIpc) is 2.88. The molecular weight excluding hydrogens is 476 g/mol. The quantitative estimate of drug-likeness (QED) is 0.473. The monoisotopic (exact) mass is 514 g/mol. The Balaban J connectivity index is 1.45. The second kappa shape index (κ2) is 12.6. The smallest absolute Gasteiger partial charge is 0.253 e. The van der Waals surface area contributed by atoms with Crippen LogP contribution in [-0.2, 0) is 20.5 Å². The summed E-state index contributed by atoms with van der Waals surface area (Å²) in [6.45, 7) is 8.89. The molecule has 0 unspecified atom stereocenters. The summed E-state index contributed by atoms with van der Waals surface area (Å²) in [5.41, 5.74) is 2.48. The zero-order chi connectivity index (χ0) is 25.4. The molecule has 9 heteroatoms. The molecule has 0 aliphatic carbocycles. The number of ether oxygens (including phenoxy) is 1. The number of nitrogens with zero attached hydrogens (tertiary/aromatic N) is 2. The van der Waals surface area contributed by atoms with Crippen LogP contribution < -0.4 is 14.9 Å². The fraction of sp³-hybridized carbons (Fsp3) is 0.519. The van der Waals surface area contributed by atoms with Crippen molar-refractivity contribution >= 4 is 27.3 Å². The van der Waals surface area contributed by atoms with Crippen molar-refractivity contribution in [2.75, 3.05) is 62.1 Å². The zero-order valence-corrected chi connectivity index (χ0v) is 21.9. The highest BCUT2D eigenvalue weighted by molar-refractivity contribution is 7.91. The van der Waals surface area contributed by atoms with E-state index in [1.165, 1.54) is 0 Å². The minimum Gasteiger partial charge on any atom is -0.379 e. The summed E-state index contributed by atoms with van der Waals surface area (Å²) in [5, 5.41) is 3.06. The number of sulfonamides is 1. The second-order valence-corrected chi connectivity index (χ2v) is 11.5. The van der Waals surface area contributed by atoms with Gasteiger partial charge in [-0.05, 0) is 55.5 Å². The van der Waals surface area contributed by atoms with E-state index in [4.69, 9.17) is 4.74 Å². The number of nitrogens with one attached hydrogen (secondary N) is 2. The number of rotatable bonds is 10. The molecule has 2 aliphatic heterocycles. The SMILES string of the molecule is CC1CCN(c2ccc(NS(=O)(=O)Cc3ccccc3)cc2C(=O)NCCCN2CCOCC2)CC1. The van der Waals surface area contributed by atoms with Gasteiger partial charge in [-0.1, -0.05) is 37.3 Å². The van der Waals surface area contributed by atoms with Crippen LogP contribution in [0.15, 0.2) is 48.5 Å². The Labute approximate surface area is 215 Å². The molecule has 0 spiro atoms. The van der Waals surface area contributed by atoms with Crippen LogP contribution in [0, 0.1) is 5.92 Å². The maximum atomic E-state index is 13.3. The number of anilines is 2. The number of carbonyl (C=O) groups is 1. The predicted octanol–water partition coefficient (Wildman–Crippen LogP) is 3.32. The molecule has 1 amide bonds. The molecule has 8 nitrogen and oxygen atoms in total. The van der Waals surface area contributed by atoms with Crippen molar-refractivity contribution in [2.24, 2.45) is 5.92 Å². The van der Waals surface area contributed by atoms with Gasteiger partial charge >= 0.3 is 0 Å². The van der Waals surface area contributed by atoms with Gasteiger partial charge in [0.15, 0.2) is 0 Å². The summed E-state index contributed by atoms with van der Waals surface area (Å²) in [6.07, 6.45) is 3.00. The topological polar surface area (TPSA) is 91.0 Å². The van der Waals surface area contributed by atoms with E-state index in [0.29, 0.717) is 29.3 Å². The molecule has 2 fully saturated rings. The Morgan fingerprint density at radius 3 is 2.47 bits per heavy atom. The van der Waals surface area contributed by atoms with Gasteiger partial charge in [0.25, 0.3) is 5.91 Å². The lowest BCUT2D eigenvalue weighted by Crippen LogP contribution is -2.38. The number of morpholine rings is 1. The van der Waals surface area contributed by atoms with Crippen LogP contribution >= 0.6 is 0 Å². The summed E-state index contributed by atoms with van der Waals surface area (Å²) < 4.78 is 33.7. The first-order chi connectivity index (χ1) is 17.4. The van der Waals surface area contributed by atoms with E-state index in [0.717, 1.165) is 70.9 Å². The van der Waals surface area contributed by atoms with Gasteiger partial charge in [0, 0.05) is 44.1 Å². The molecule has 2 heterocycles. The molecule has 0 radical (unpaired) electrons. The molecule has 2 aromatic rings. The minimum atomic E-state index is -3.62. The van der Waals surface area contributed by atoms with E-state index in [-0.39, 0.29) is 11.7 Å². The number of hydrogen-bond acceptors (Lipinski definition) is 6. The van der Waals surface area contributed by atoms with Gasteiger partial charge in [-0.3, -0.25) is 14.4 Å². The summed E-state index contributed by atoms with van der Waals surface area (Å²) in [6, 6.07) is 14.4. The van der Waals surface area contributed by atoms with Crippen LogP contribution in [0.3, 0.4) is 0 Å². The zero-order valence-electron chi connectivity index (χ0n) is 21.1. The van der Waals surface area contributed by atoms with Crippen molar-refractivity contribution in [1.29, 1.82) is 0 Å². The number of amides is 1. The highest BCUT2D eigenvalue weighted by atomic mass is 32.2. The molecule has 196 valence electrons. The van der Waals surface area contributed by atoms with Gasteiger partial charge in [-0.2, -0.15) is 0 Å². The molecule has 36 heavy (non-hydrogen) atoms. The van der Waals surface area contributed by atoms with Gasteiger partial charge in [-0.25, -0.2) is 8.42 Å². The van der Waals surface area contributed by atoms with Crippen LogP contribution in [0.5, 0.6) is 0 Å². The van der Waals surface area contributed by atoms with Crippen molar-refractivity contribution in [3.63, 3.8) is 0 Å². The van der Waals surface area contributed by atoms with Gasteiger partial charge in [0.05, 0.1) is 24.5 Å². The first-order valence-corrected chi connectivity index (χ1v) is 14.6. The number of piperidine rings is 1. The molecule has 0 aromatic heterocycles. The fourth-order valence-corrected chi connectivity index (χ4v) is 5.93. The normalized spacial score (nSPS) is 17.6. The maximum Gasteiger partial charge on any atom is 0.253 e. The Morgan fingerprint density at radius 2 is 1.75 bits per heavy atom. The largest absolute Gasteiger partial charge is 0.379 e. The van der Waals surface area contributed by atoms with Crippen LogP contribution in [0.1, 0.15) is 42.1 Å². The number of benzene rings is 2. The molecule has 2 aliphatic rings. The molecule has 2 aromatic carbocycles. The number of hydrogen-bond donors (Lipinski definition) is 2. The van der Waals surface area contributed by atoms with Crippen molar-refractivity contribution in [1.82, 2.24) is 10.2 Å².